The van der Waals surface area contributed by atoms with E-state index in [9.17, 15) is 0 Å². The second-order valence-corrected chi connectivity index (χ2v) is 0.854. The summed E-state index contributed by atoms with van der Waals surface area (Å²) in [6.45, 7) is 5.72. The number of hydrogen-bond donors (Lipinski definition) is 0. The molecule has 0 N–H and O–H groups in total. The van der Waals surface area contributed by atoms with Crippen LogP contribution >= 0.6 is 0 Å². The molecule has 0 rings (SSSR count). The van der Waals surface area contributed by atoms with E-state index in [-0.39, 0.29) is 25.8 Å². The van der Waals surface area contributed by atoms with Crippen LogP contribution in [0.15, 0.2) is 0 Å². The van der Waals surface area contributed by atoms with E-state index in [0.29, 0.717) is 0 Å². The van der Waals surface area contributed by atoms with Gasteiger partial charge in [-0.3, -0.25) is 0 Å². The summed E-state index contributed by atoms with van der Waals surface area (Å²) in [6, 6.07) is 0. The fraction of sp³-hybridized carbons (Fsp3) is 0.750. The van der Waals surface area contributed by atoms with Crippen molar-refractivity contribution in [3.8, 4) is 0 Å². The maximum absolute atomic E-state index is 3.60. The Labute approximate surface area is 52.7 Å². The van der Waals surface area contributed by atoms with E-state index in [1.165, 1.54) is 6.42 Å². The Morgan fingerprint density at radius 2 is 1.80 bits per heavy atom. The third kappa shape index (κ3) is 11.5. The zero-order chi connectivity index (χ0) is 3.41. The van der Waals surface area contributed by atoms with E-state index in [2.05, 4.69) is 13.8 Å². The minimum atomic E-state index is 0. The van der Waals surface area contributed by atoms with Gasteiger partial charge in [0.1, 0.15) is 0 Å². The van der Waals surface area contributed by atoms with Crippen molar-refractivity contribution in [3.63, 3.8) is 0 Å². The standard InChI is InChI=1S/C4H9.Sc/c1-3-4-2;/h1,3-4H2,2H3;/q-1;. The van der Waals surface area contributed by atoms with Gasteiger partial charge in [0.25, 0.3) is 0 Å². The average molecular weight is 102 g/mol. The van der Waals surface area contributed by atoms with Crippen molar-refractivity contribution in [3.05, 3.63) is 6.92 Å². The van der Waals surface area contributed by atoms with Crippen LogP contribution in [0, 0.1) is 6.92 Å². The Bertz CT molecular complexity index is 5.61. The summed E-state index contributed by atoms with van der Waals surface area (Å²) in [7, 11) is 0. The minimum absolute atomic E-state index is 0. The molecule has 0 aromatic rings. The predicted molar refractivity (Wildman–Crippen MR) is 20.3 cm³/mol. The summed E-state index contributed by atoms with van der Waals surface area (Å²) in [6.07, 6.45) is 2.28. The maximum Gasteiger partial charge on any atom is 0 e. The molecular formula is C4H9Sc-. The van der Waals surface area contributed by atoms with E-state index in [1.54, 1.807) is 0 Å². The Morgan fingerprint density at radius 3 is 1.80 bits per heavy atom. The third-order valence-electron chi connectivity index (χ3n) is 0.354. The molecule has 5 heavy (non-hydrogen) atoms. The van der Waals surface area contributed by atoms with Crippen molar-refractivity contribution in [1.29, 1.82) is 0 Å². The third-order valence-corrected chi connectivity index (χ3v) is 0.354. The van der Waals surface area contributed by atoms with Gasteiger partial charge in [0.05, 0.1) is 0 Å². The van der Waals surface area contributed by atoms with E-state index in [4.69, 9.17) is 0 Å². The first-order valence-electron chi connectivity index (χ1n) is 1.71. The summed E-state index contributed by atoms with van der Waals surface area (Å²) in [4.78, 5) is 0. The van der Waals surface area contributed by atoms with Crippen LogP contribution in [0.2, 0.25) is 0 Å². The molecular weight excluding hydrogens is 93.0 g/mol. The van der Waals surface area contributed by atoms with Crippen LogP contribution in [-0.2, 0) is 25.8 Å². The fourth-order valence-corrected chi connectivity index (χ4v) is 0. The van der Waals surface area contributed by atoms with Gasteiger partial charge in [-0.25, -0.2) is 0 Å². The van der Waals surface area contributed by atoms with Crippen molar-refractivity contribution < 1.29 is 25.8 Å². The van der Waals surface area contributed by atoms with Gasteiger partial charge in [0.15, 0.2) is 0 Å². The topological polar surface area (TPSA) is 0 Å². The van der Waals surface area contributed by atoms with Gasteiger partial charge >= 0.3 is 0 Å². The molecule has 0 fully saturated rings. The van der Waals surface area contributed by atoms with Crippen LogP contribution in [0.5, 0.6) is 0 Å². The molecule has 0 bridgehead atoms. The van der Waals surface area contributed by atoms with Crippen molar-refractivity contribution >= 4 is 0 Å². The van der Waals surface area contributed by atoms with Gasteiger partial charge < -0.3 is 6.92 Å². The molecule has 0 aromatic heterocycles. The van der Waals surface area contributed by atoms with Crippen LogP contribution < -0.4 is 0 Å². The molecule has 0 atom stereocenters. The number of hydrogen-bond acceptors (Lipinski definition) is 0. The smallest absolute Gasteiger partial charge is 0 e. The van der Waals surface area contributed by atoms with Crippen molar-refractivity contribution in [1.82, 2.24) is 0 Å². The quantitative estimate of drug-likeness (QED) is 0.441. The molecule has 0 unspecified atom stereocenters. The average Bonchev–Trinajstić information content (AvgIpc) is 1.37. The molecule has 1 radical (unpaired) electrons. The van der Waals surface area contributed by atoms with Gasteiger partial charge in [-0.05, 0) is 0 Å². The summed E-state index contributed by atoms with van der Waals surface area (Å²) in [5.41, 5.74) is 0. The van der Waals surface area contributed by atoms with Crippen LogP contribution in [0.4, 0.5) is 0 Å². The van der Waals surface area contributed by atoms with Crippen LogP contribution in [0.1, 0.15) is 19.8 Å². The first-order valence-corrected chi connectivity index (χ1v) is 1.71. The van der Waals surface area contributed by atoms with Crippen LogP contribution in [0.25, 0.3) is 0 Å². The largest absolute Gasteiger partial charge is 0.343 e. The fourth-order valence-electron chi connectivity index (χ4n) is 0. The summed E-state index contributed by atoms with van der Waals surface area (Å²) >= 11 is 0. The summed E-state index contributed by atoms with van der Waals surface area (Å²) in [5, 5.41) is 0. The first kappa shape index (κ1) is 9.30. The molecule has 29 valence electrons. The summed E-state index contributed by atoms with van der Waals surface area (Å²) < 4.78 is 0. The number of rotatable bonds is 1. The van der Waals surface area contributed by atoms with Crippen molar-refractivity contribution in [2.24, 2.45) is 0 Å². The van der Waals surface area contributed by atoms with Gasteiger partial charge in [-0.1, -0.05) is 13.3 Å². The second kappa shape index (κ2) is 8.85. The second-order valence-electron chi connectivity index (χ2n) is 0.854. The van der Waals surface area contributed by atoms with Crippen LogP contribution in [0.3, 0.4) is 0 Å². The normalized spacial score (nSPS) is 6.00. The molecule has 1 heteroatoms. The molecule has 0 aliphatic rings. The Morgan fingerprint density at radius 1 is 1.60 bits per heavy atom. The van der Waals surface area contributed by atoms with E-state index in [1.807, 2.05) is 0 Å². The molecule has 0 saturated heterocycles. The first-order chi connectivity index (χ1) is 1.91. The minimum Gasteiger partial charge on any atom is -0.343 e. The zero-order valence-electron chi connectivity index (χ0n) is 3.70. The monoisotopic (exact) mass is 102 g/mol. The van der Waals surface area contributed by atoms with E-state index >= 15 is 0 Å². The molecule has 0 heterocycles. The van der Waals surface area contributed by atoms with E-state index in [0.717, 1.165) is 6.42 Å². The van der Waals surface area contributed by atoms with Gasteiger partial charge in [0.2, 0.25) is 0 Å². The van der Waals surface area contributed by atoms with Crippen LogP contribution in [-0.4, -0.2) is 0 Å². The number of unbranched alkanes of at least 4 members (excludes halogenated alkanes) is 1. The molecule has 0 nitrogen and oxygen atoms in total. The Hall–Kier alpha value is 0.870. The Kier molecular flexibility index (Phi) is 16.5. The molecule has 0 spiro atoms. The van der Waals surface area contributed by atoms with Gasteiger partial charge in [0, 0.05) is 25.8 Å². The molecule has 0 aromatic carbocycles. The van der Waals surface area contributed by atoms with Gasteiger partial charge in [-0.15, -0.1) is 0 Å². The molecule has 0 amide bonds. The molecule has 0 aliphatic heterocycles. The molecule has 0 saturated carbocycles. The Balaban J connectivity index is 0. The SMILES string of the molecule is [CH2-]CCC.[Sc]. The zero-order valence-corrected chi connectivity index (χ0v) is 5.50. The molecule has 0 aliphatic carbocycles. The predicted octanol–water partition coefficient (Wildman–Crippen LogP) is 1.62. The maximum atomic E-state index is 3.60. The van der Waals surface area contributed by atoms with E-state index < -0.39 is 0 Å². The summed E-state index contributed by atoms with van der Waals surface area (Å²) in [5.74, 6) is 0. The van der Waals surface area contributed by atoms with Gasteiger partial charge in [-0.2, -0.15) is 6.42 Å². The van der Waals surface area contributed by atoms with Crippen molar-refractivity contribution in [2.45, 2.75) is 19.8 Å². The van der Waals surface area contributed by atoms with Crippen molar-refractivity contribution in [2.75, 3.05) is 0 Å².